The summed E-state index contributed by atoms with van der Waals surface area (Å²) in [7, 11) is 0. The molecule has 0 radical (unpaired) electrons. The van der Waals surface area contributed by atoms with Crippen LogP contribution in [0.4, 0.5) is 5.69 Å². The Morgan fingerprint density at radius 3 is 2.69 bits per heavy atom. The first-order chi connectivity index (χ1) is 6.06. The highest BCUT2D eigenvalue weighted by Crippen LogP contribution is 2.26. The number of nitrogens with zero attached hydrogens (tertiary/aromatic N) is 1. The molecule has 13 heavy (non-hydrogen) atoms. The van der Waals surface area contributed by atoms with Gasteiger partial charge in [0, 0.05) is 18.2 Å². The molecule has 0 unspecified atom stereocenters. The largest absolute Gasteiger partial charge is 0.326 e. The van der Waals surface area contributed by atoms with Gasteiger partial charge in [0.15, 0.2) is 0 Å². The van der Waals surface area contributed by atoms with Crippen molar-refractivity contribution in [3.63, 3.8) is 0 Å². The molecule has 0 aromatic heterocycles. The Morgan fingerprint density at radius 2 is 2.23 bits per heavy atom. The quantitative estimate of drug-likeness (QED) is 0.587. The minimum absolute atomic E-state index is 0.0298. The summed E-state index contributed by atoms with van der Waals surface area (Å²) >= 11 is 5.76. The van der Waals surface area contributed by atoms with E-state index in [4.69, 9.17) is 17.3 Å². The zero-order valence-electron chi connectivity index (χ0n) is 7.08. The number of nitrogens with two attached hydrogens (primary N) is 1. The van der Waals surface area contributed by atoms with Crippen molar-refractivity contribution in [1.82, 2.24) is 0 Å². The predicted molar refractivity (Wildman–Crippen MR) is 50.7 cm³/mol. The van der Waals surface area contributed by atoms with Gasteiger partial charge in [-0.2, -0.15) is 0 Å². The van der Waals surface area contributed by atoms with Crippen LogP contribution in [-0.2, 0) is 6.54 Å². The maximum atomic E-state index is 10.5. The number of hydrogen-bond donors (Lipinski definition) is 1. The van der Waals surface area contributed by atoms with E-state index in [0.29, 0.717) is 10.6 Å². The van der Waals surface area contributed by atoms with Crippen LogP contribution in [0.15, 0.2) is 12.1 Å². The number of halogens is 1. The average Bonchev–Trinajstić information content (AvgIpc) is 2.07. The number of nitro benzene ring substituents is 1. The highest BCUT2D eigenvalue weighted by atomic mass is 35.5. The van der Waals surface area contributed by atoms with Crippen LogP contribution < -0.4 is 5.73 Å². The maximum absolute atomic E-state index is 10.5. The summed E-state index contributed by atoms with van der Waals surface area (Å²) < 4.78 is 0. The summed E-state index contributed by atoms with van der Waals surface area (Å²) in [6.07, 6.45) is 0. The molecule has 5 heteroatoms. The van der Waals surface area contributed by atoms with Crippen LogP contribution in [0.3, 0.4) is 0 Å². The van der Waals surface area contributed by atoms with Crippen molar-refractivity contribution in [2.24, 2.45) is 5.73 Å². The number of nitro groups is 1. The molecule has 0 saturated carbocycles. The second-order valence-corrected chi connectivity index (χ2v) is 3.10. The van der Waals surface area contributed by atoms with E-state index in [1.165, 1.54) is 6.07 Å². The topological polar surface area (TPSA) is 69.2 Å². The van der Waals surface area contributed by atoms with E-state index in [0.717, 1.165) is 5.56 Å². The van der Waals surface area contributed by atoms with Crippen molar-refractivity contribution in [2.45, 2.75) is 13.5 Å². The summed E-state index contributed by atoms with van der Waals surface area (Å²) in [5.41, 5.74) is 6.73. The van der Waals surface area contributed by atoms with E-state index in [1.54, 1.807) is 13.0 Å². The second kappa shape index (κ2) is 3.72. The van der Waals surface area contributed by atoms with Crippen molar-refractivity contribution in [1.29, 1.82) is 0 Å². The Kier molecular flexibility index (Phi) is 2.85. The molecule has 0 spiro atoms. The summed E-state index contributed by atoms with van der Waals surface area (Å²) in [5, 5.41) is 10.8. The number of rotatable bonds is 2. The first-order valence-electron chi connectivity index (χ1n) is 3.69. The van der Waals surface area contributed by atoms with Gasteiger partial charge in [-0.1, -0.05) is 11.6 Å². The first-order valence-corrected chi connectivity index (χ1v) is 4.07. The molecule has 2 N–H and O–H groups in total. The molecule has 0 amide bonds. The maximum Gasteiger partial charge on any atom is 0.273 e. The number of benzene rings is 1. The van der Waals surface area contributed by atoms with Gasteiger partial charge in [-0.3, -0.25) is 10.1 Å². The smallest absolute Gasteiger partial charge is 0.273 e. The van der Waals surface area contributed by atoms with Crippen LogP contribution in [0.2, 0.25) is 5.02 Å². The Balaban J connectivity index is 3.28. The molecule has 70 valence electrons. The van der Waals surface area contributed by atoms with Gasteiger partial charge in [0.2, 0.25) is 0 Å². The van der Waals surface area contributed by atoms with Gasteiger partial charge in [0.25, 0.3) is 5.69 Å². The zero-order valence-corrected chi connectivity index (χ0v) is 7.84. The van der Waals surface area contributed by atoms with E-state index in [2.05, 4.69) is 0 Å². The fourth-order valence-corrected chi connectivity index (χ4v) is 1.32. The van der Waals surface area contributed by atoms with Gasteiger partial charge in [-0.05, 0) is 18.6 Å². The van der Waals surface area contributed by atoms with Crippen LogP contribution in [0.25, 0.3) is 0 Å². The van der Waals surface area contributed by atoms with Crippen molar-refractivity contribution in [3.05, 3.63) is 38.4 Å². The molecule has 0 saturated heterocycles. The normalized spacial score (nSPS) is 10.1. The molecule has 0 fully saturated rings. The van der Waals surface area contributed by atoms with Crippen molar-refractivity contribution in [2.75, 3.05) is 0 Å². The van der Waals surface area contributed by atoms with Gasteiger partial charge >= 0.3 is 0 Å². The Labute approximate surface area is 80.5 Å². The summed E-state index contributed by atoms with van der Waals surface area (Å²) in [6.45, 7) is 1.95. The van der Waals surface area contributed by atoms with E-state index >= 15 is 0 Å². The number of hydrogen-bond acceptors (Lipinski definition) is 3. The molecule has 1 rings (SSSR count). The Hall–Kier alpha value is -1.13. The minimum atomic E-state index is -0.457. The Bertz CT molecular complexity index is 352. The van der Waals surface area contributed by atoms with E-state index in [1.807, 2.05) is 0 Å². The summed E-state index contributed by atoms with van der Waals surface area (Å²) in [6, 6.07) is 2.97. The third-order valence-corrected chi connectivity index (χ3v) is 2.13. The molecule has 4 nitrogen and oxygen atoms in total. The number of aryl methyl sites for hydroxylation is 1. The molecular weight excluding hydrogens is 192 g/mol. The molecule has 0 aliphatic carbocycles. The van der Waals surface area contributed by atoms with Gasteiger partial charge < -0.3 is 5.73 Å². The van der Waals surface area contributed by atoms with Crippen LogP contribution in [-0.4, -0.2) is 4.92 Å². The Morgan fingerprint density at radius 1 is 1.62 bits per heavy atom. The highest BCUT2D eigenvalue weighted by Gasteiger charge is 2.13. The van der Waals surface area contributed by atoms with Crippen LogP contribution >= 0.6 is 11.6 Å². The van der Waals surface area contributed by atoms with Gasteiger partial charge in [-0.15, -0.1) is 0 Å². The van der Waals surface area contributed by atoms with Crippen LogP contribution in [0, 0.1) is 17.0 Å². The standard InChI is InChI=1S/C8H9ClN2O2/c1-5-2-6(4-10)7(9)3-8(5)11(12)13/h2-3H,4,10H2,1H3. The molecule has 1 aromatic carbocycles. The van der Waals surface area contributed by atoms with Crippen molar-refractivity contribution >= 4 is 17.3 Å². The molecular formula is C8H9ClN2O2. The van der Waals surface area contributed by atoms with E-state index < -0.39 is 4.92 Å². The van der Waals surface area contributed by atoms with E-state index in [9.17, 15) is 10.1 Å². The van der Waals surface area contributed by atoms with Crippen LogP contribution in [0.5, 0.6) is 0 Å². The SMILES string of the molecule is Cc1cc(CN)c(Cl)cc1[N+](=O)[O-]. The predicted octanol–water partition coefficient (Wildman–Crippen LogP) is 2.02. The lowest BCUT2D eigenvalue weighted by Gasteiger charge is -2.03. The van der Waals surface area contributed by atoms with Crippen LogP contribution in [0.1, 0.15) is 11.1 Å². The monoisotopic (exact) mass is 200 g/mol. The fraction of sp³-hybridized carbons (Fsp3) is 0.250. The van der Waals surface area contributed by atoms with Crippen molar-refractivity contribution < 1.29 is 4.92 Å². The second-order valence-electron chi connectivity index (χ2n) is 2.69. The molecule has 1 aromatic rings. The minimum Gasteiger partial charge on any atom is -0.326 e. The first kappa shape index (κ1) is 9.95. The van der Waals surface area contributed by atoms with E-state index in [-0.39, 0.29) is 12.2 Å². The molecule has 0 heterocycles. The van der Waals surface area contributed by atoms with Crippen molar-refractivity contribution in [3.8, 4) is 0 Å². The lowest BCUT2D eigenvalue weighted by Crippen LogP contribution is -2.00. The summed E-state index contributed by atoms with van der Waals surface area (Å²) in [4.78, 5) is 10.0. The highest BCUT2D eigenvalue weighted by molar-refractivity contribution is 6.31. The molecule has 0 bridgehead atoms. The summed E-state index contributed by atoms with van der Waals surface area (Å²) in [5.74, 6) is 0. The lowest BCUT2D eigenvalue weighted by molar-refractivity contribution is -0.385. The average molecular weight is 201 g/mol. The fourth-order valence-electron chi connectivity index (χ4n) is 1.08. The van der Waals surface area contributed by atoms with Gasteiger partial charge in [-0.25, -0.2) is 0 Å². The third-order valence-electron chi connectivity index (χ3n) is 1.78. The lowest BCUT2D eigenvalue weighted by atomic mass is 10.1. The molecule has 0 aliphatic heterocycles. The van der Waals surface area contributed by atoms with Gasteiger partial charge in [0.05, 0.1) is 9.95 Å². The third kappa shape index (κ3) is 1.96. The zero-order chi connectivity index (χ0) is 10.0. The molecule has 0 atom stereocenters. The van der Waals surface area contributed by atoms with Gasteiger partial charge in [0.1, 0.15) is 0 Å². The molecule has 0 aliphatic rings.